The van der Waals surface area contributed by atoms with Crippen molar-refractivity contribution in [2.75, 3.05) is 11.5 Å². The number of sulfone groups is 1. The van der Waals surface area contributed by atoms with Gasteiger partial charge in [-0.05, 0) is 30.5 Å². The van der Waals surface area contributed by atoms with Crippen LogP contribution in [0.3, 0.4) is 0 Å². The molecule has 0 radical (unpaired) electrons. The SMILES string of the molecule is CCCC(C)CS(=O)(=O)c1ccc(N)cc1Cl. The van der Waals surface area contributed by atoms with Crippen molar-refractivity contribution >= 4 is 27.1 Å². The number of nitrogens with two attached hydrogens (primary N) is 1. The van der Waals surface area contributed by atoms with Crippen LogP contribution in [0.1, 0.15) is 26.7 Å². The lowest BCUT2D eigenvalue weighted by molar-refractivity contribution is 0.545. The Kier molecular flexibility index (Phi) is 4.83. The van der Waals surface area contributed by atoms with Gasteiger partial charge in [-0.1, -0.05) is 31.9 Å². The molecule has 0 bridgehead atoms. The zero-order chi connectivity index (χ0) is 13.1. The third kappa shape index (κ3) is 3.89. The van der Waals surface area contributed by atoms with E-state index in [0.29, 0.717) is 5.69 Å². The van der Waals surface area contributed by atoms with E-state index in [1.54, 1.807) is 6.07 Å². The average Bonchev–Trinajstić information content (AvgIpc) is 2.15. The Balaban J connectivity index is 2.97. The molecule has 2 N–H and O–H groups in total. The Morgan fingerprint density at radius 3 is 2.59 bits per heavy atom. The molecule has 1 rings (SSSR count). The van der Waals surface area contributed by atoms with Crippen LogP contribution >= 0.6 is 11.6 Å². The monoisotopic (exact) mass is 275 g/mol. The summed E-state index contributed by atoms with van der Waals surface area (Å²) in [5.74, 6) is 0.267. The van der Waals surface area contributed by atoms with E-state index in [4.69, 9.17) is 17.3 Å². The van der Waals surface area contributed by atoms with Gasteiger partial charge in [-0.3, -0.25) is 0 Å². The minimum atomic E-state index is -3.32. The van der Waals surface area contributed by atoms with Gasteiger partial charge in [0.1, 0.15) is 0 Å². The van der Waals surface area contributed by atoms with E-state index in [2.05, 4.69) is 0 Å². The first kappa shape index (κ1) is 14.3. The Morgan fingerprint density at radius 1 is 1.41 bits per heavy atom. The van der Waals surface area contributed by atoms with Gasteiger partial charge >= 0.3 is 0 Å². The van der Waals surface area contributed by atoms with E-state index in [9.17, 15) is 8.42 Å². The molecule has 96 valence electrons. The molecule has 0 heterocycles. The normalized spacial score (nSPS) is 13.6. The predicted molar refractivity (Wildman–Crippen MR) is 72.0 cm³/mol. The largest absolute Gasteiger partial charge is 0.399 e. The highest BCUT2D eigenvalue weighted by atomic mass is 35.5. The van der Waals surface area contributed by atoms with Crippen LogP contribution in [-0.4, -0.2) is 14.2 Å². The fourth-order valence-corrected chi connectivity index (χ4v) is 4.08. The van der Waals surface area contributed by atoms with Crippen LogP contribution in [0.4, 0.5) is 5.69 Å². The van der Waals surface area contributed by atoms with Crippen molar-refractivity contribution in [3.8, 4) is 0 Å². The molecule has 0 amide bonds. The summed E-state index contributed by atoms with van der Waals surface area (Å²) in [6, 6.07) is 4.51. The van der Waals surface area contributed by atoms with E-state index < -0.39 is 9.84 Å². The second-order valence-electron chi connectivity index (χ2n) is 4.37. The summed E-state index contributed by atoms with van der Waals surface area (Å²) in [4.78, 5) is 0.177. The Morgan fingerprint density at radius 2 is 2.06 bits per heavy atom. The summed E-state index contributed by atoms with van der Waals surface area (Å²) >= 11 is 5.92. The van der Waals surface area contributed by atoms with Gasteiger partial charge in [0.15, 0.2) is 9.84 Å². The number of hydrogen-bond donors (Lipinski definition) is 1. The fourth-order valence-electron chi connectivity index (χ4n) is 1.81. The van der Waals surface area contributed by atoms with Crippen molar-refractivity contribution in [2.45, 2.75) is 31.6 Å². The zero-order valence-electron chi connectivity index (χ0n) is 10.1. The van der Waals surface area contributed by atoms with Crippen LogP contribution in [0, 0.1) is 5.92 Å². The third-order valence-corrected chi connectivity index (χ3v) is 5.04. The van der Waals surface area contributed by atoms with E-state index in [0.717, 1.165) is 12.8 Å². The van der Waals surface area contributed by atoms with Gasteiger partial charge in [-0.15, -0.1) is 0 Å². The van der Waals surface area contributed by atoms with Crippen molar-refractivity contribution in [3.05, 3.63) is 23.2 Å². The molecular weight excluding hydrogens is 258 g/mol. The van der Waals surface area contributed by atoms with Crippen LogP contribution in [0.5, 0.6) is 0 Å². The van der Waals surface area contributed by atoms with Crippen molar-refractivity contribution in [1.29, 1.82) is 0 Å². The number of benzene rings is 1. The van der Waals surface area contributed by atoms with Crippen molar-refractivity contribution in [3.63, 3.8) is 0 Å². The minimum absolute atomic E-state index is 0.129. The van der Waals surface area contributed by atoms with Gasteiger partial charge in [0, 0.05) is 5.69 Å². The summed E-state index contributed by atoms with van der Waals surface area (Å²) in [5, 5.41) is 0.202. The summed E-state index contributed by atoms with van der Waals surface area (Å²) < 4.78 is 24.2. The smallest absolute Gasteiger partial charge is 0.180 e. The van der Waals surface area contributed by atoms with Crippen molar-refractivity contribution in [1.82, 2.24) is 0 Å². The maximum absolute atomic E-state index is 12.1. The molecule has 0 aromatic heterocycles. The van der Waals surface area contributed by atoms with Crippen LogP contribution in [0.15, 0.2) is 23.1 Å². The molecule has 0 fully saturated rings. The lowest BCUT2D eigenvalue weighted by Crippen LogP contribution is -2.14. The topological polar surface area (TPSA) is 60.2 Å². The van der Waals surface area contributed by atoms with Crippen LogP contribution in [0.2, 0.25) is 5.02 Å². The highest BCUT2D eigenvalue weighted by Gasteiger charge is 2.20. The van der Waals surface area contributed by atoms with Gasteiger partial charge in [-0.2, -0.15) is 0 Å². The minimum Gasteiger partial charge on any atom is -0.399 e. The summed E-state index contributed by atoms with van der Waals surface area (Å²) in [6.07, 6.45) is 1.87. The maximum Gasteiger partial charge on any atom is 0.180 e. The summed E-state index contributed by atoms with van der Waals surface area (Å²) in [6.45, 7) is 3.98. The summed E-state index contributed by atoms with van der Waals surface area (Å²) in [7, 11) is -3.32. The molecule has 1 unspecified atom stereocenters. The predicted octanol–water partition coefficient (Wildman–Crippen LogP) is 3.13. The molecule has 1 atom stereocenters. The van der Waals surface area contributed by atoms with Gasteiger partial charge in [-0.25, -0.2) is 8.42 Å². The molecule has 5 heteroatoms. The average molecular weight is 276 g/mol. The second kappa shape index (κ2) is 5.74. The Labute approximate surface area is 108 Å². The number of anilines is 1. The van der Waals surface area contributed by atoms with Gasteiger partial charge in [0.25, 0.3) is 0 Å². The van der Waals surface area contributed by atoms with Gasteiger partial charge in [0.05, 0.1) is 15.7 Å². The number of nitrogen functional groups attached to an aromatic ring is 1. The highest BCUT2D eigenvalue weighted by Crippen LogP contribution is 2.26. The molecule has 1 aromatic rings. The first-order valence-electron chi connectivity index (χ1n) is 5.64. The third-order valence-electron chi connectivity index (χ3n) is 2.58. The van der Waals surface area contributed by atoms with Crippen LogP contribution in [-0.2, 0) is 9.84 Å². The number of rotatable bonds is 5. The van der Waals surface area contributed by atoms with Gasteiger partial charge in [0.2, 0.25) is 0 Å². The quantitative estimate of drug-likeness (QED) is 0.840. The molecular formula is C12H18ClNO2S. The number of halogens is 1. The summed E-state index contributed by atoms with van der Waals surface area (Å²) in [5.41, 5.74) is 6.01. The van der Waals surface area contributed by atoms with Crippen molar-refractivity contribution in [2.24, 2.45) is 5.92 Å². The molecule has 0 spiro atoms. The zero-order valence-corrected chi connectivity index (χ0v) is 11.7. The first-order chi connectivity index (χ1) is 7.86. The molecule has 17 heavy (non-hydrogen) atoms. The van der Waals surface area contributed by atoms with E-state index in [1.165, 1.54) is 12.1 Å². The first-order valence-corrected chi connectivity index (χ1v) is 7.67. The van der Waals surface area contributed by atoms with E-state index in [-0.39, 0.29) is 21.6 Å². The molecule has 0 saturated heterocycles. The molecule has 0 aliphatic heterocycles. The fraction of sp³-hybridized carbons (Fsp3) is 0.500. The molecule has 1 aromatic carbocycles. The molecule has 0 aliphatic rings. The van der Waals surface area contributed by atoms with E-state index in [1.807, 2.05) is 13.8 Å². The lowest BCUT2D eigenvalue weighted by atomic mass is 10.1. The highest BCUT2D eigenvalue weighted by molar-refractivity contribution is 7.91. The molecule has 0 aliphatic carbocycles. The number of hydrogen-bond acceptors (Lipinski definition) is 3. The Hall–Kier alpha value is -0.740. The standard InChI is InChI=1S/C12H18ClNO2S/c1-3-4-9(2)8-17(15,16)12-6-5-10(14)7-11(12)13/h5-7,9H,3-4,8,14H2,1-2H3. The van der Waals surface area contributed by atoms with Crippen molar-refractivity contribution < 1.29 is 8.42 Å². The lowest BCUT2D eigenvalue weighted by Gasteiger charge is -2.12. The van der Waals surface area contributed by atoms with Gasteiger partial charge < -0.3 is 5.73 Å². The molecule has 0 saturated carbocycles. The Bertz CT molecular complexity index is 485. The molecule has 3 nitrogen and oxygen atoms in total. The second-order valence-corrected chi connectivity index (χ2v) is 6.77. The van der Waals surface area contributed by atoms with Crippen LogP contribution in [0.25, 0.3) is 0 Å². The van der Waals surface area contributed by atoms with E-state index >= 15 is 0 Å². The van der Waals surface area contributed by atoms with Crippen LogP contribution < -0.4 is 5.73 Å². The maximum atomic E-state index is 12.1.